The molecule has 2 aromatic heterocycles. The van der Waals surface area contributed by atoms with Gasteiger partial charge in [0.2, 0.25) is 5.91 Å². The van der Waals surface area contributed by atoms with Crippen LogP contribution in [0.2, 0.25) is 0 Å². The third-order valence-electron chi connectivity index (χ3n) is 3.60. The van der Waals surface area contributed by atoms with Gasteiger partial charge >= 0.3 is 0 Å². The maximum absolute atomic E-state index is 12.4. The summed E-state index contributed by atoms with van der Waals surface area (Å²) in [6, 6.07) is 6.99. The third-order valence-corrected chi connectivity index (χ3v) is 3.60. The van der Waals surface area contributed by atoms with E-state index in [4.69, 9.17) is 4.42 Å². The van der Waals surface area contributed by atoms with Crippen LogP contribution in [0.15, 0.2) is 41.1 Å². The van der Waals surface area contributed by atoms with Crippen LogP contribution < -0.4 is 5.32 Å². The summed E-state index contributed by atoms with van der Waals surface area (Å²) < 4.78 is 5.15. The Labute approximate surface area is 121 Å². The SMILES string of the molecule is CNC(=O)C1CN(C(=O)c2ccco2)Cc2cccnc21. The van der Waals surface area contributed by atoms with Crippen LogP contribution in [0.3, 0.4) is 0 Å². The van der Waals surface area contributed by atoms with Gasteiger partial charge in [0.25, 0.3) is 5.91 Å². The average Bonchev–Trinajstić information content (AvgIpc) is 3.06. The molecule has 1 aliphatic rings. The number of fused-ring (bicyclic) bond motifs is 1. The first kappa shape index (κ1) is 13.4. The third kappa shape index (κ3) is 2.40. The van der Waals surface area contributed by atoms with E-state index >= 15 is 0 Å². The first-order valence-corrected chi connectivity index (χ1v) is 6.69. The minimum Gasteiger partial charge on any atom is -0.459 e. The summed E-state index contributed by atoms with van der Waals surface area (Å²) in [5, 5.41) is 2.63. The van der Waals surface area contributed by atoms with E-state index in [0.717, 1.165) is 11.3 Å². The lowest BCUT2D eigenvalue weighted by atomic mass is 9.93. The van der Waals surface area contributed by atoms with Gasteiger partial charge in [0, 0.05) is 26.3 Å². The first-order valence-electron chi connectivity index (χ1n) is 6.69. The Morgan fingerprint density at radius 1 is 1.38 bits per heavy atom. The highest BCUT2D eigenvalue weighted by Gasteiger charge is 2.34. The Bertz CT molecular complexity index is 667. The molecule has 6 nitrogen and oxygen atoms in total. The van der Waals surface area contributed by atoms with Crippen LogP contribution in [0.1, 0.15) is 27.7 Å². The molecule has 2 aromatic rings. The first-order chi connectivity index (χ1) is 10.2. The standard InChI is InChI=1S/C15H15N3O3/c1-16-14(19)11-9-18(15(20)12-5-3-7-21-12)8-10-4-2-6-17-13(10)11/h2-7,11H,8-9H2,1H3,(H,16,19). The predicted molar refractivity (Wildman–Crippen MR) is 74.5 cm³/mol. The Hall–Kier alpha value is -2.63. The Kier molecular flexibility index (Phi) is 3.43. The van der Waals surface area contributed by atoms with E-state index in [0.29, 0.717) is 13.1 Å². The van der Waals surface area contributed by atoms with E-state index in [2.05, 4.69) is 10.3 Å². The quantitative estimate of drug-likeness (QED) is 0.898. The molecule has 0 bridgehead atoms. The monoisotopic (exact) mass is 285 g/mol. The van der Waals surface area contributed by atoms with Gasteiger partial charge in [-0.3, -0.25) is 14.6 Å². The molecule has 1 atom stereocenters. The van der Waals surface area contributed by atoms with E-state index in [1.165, 1.54) is 6.26 Å². The van der Waals surface area contributed by atoms with E-state index in [1.54, 1.807) is 36.3 Å². The number of carbonyl (C=O) groups excluding carboxylic acids is 2. The van der Waals surface area contributed by atoms with Crippen LogP contribution in [-0.2, 0) is 11.3 Å². The molecule has 1 N–H and O–H groups in total. The molecule has 6 heteroatoms. The molecule has 0 aromatic carbocycles. The highest BCUT2D eigenvalue weighted by Crippen LogP contribution is 2.27. The number of likely N-dealkylation sites (N-methyl/N-ethyl adjacent to an activating group) is 1. The summed E-state index contributed by atoms with van der Waals surface area (Å²) in [6.45, 7) is 0.722. The van der Waals surface area contributed by atoms with Crippen molar-refractivity contribution in [2.24, 2.45) is 0 Å². The van der Waals surface area contributed by atoms with Gasteiger partial charge in [0.05, 0.1) is 17.9 Å². The molecule has 3 rings (SSSR count). The van der Waals surface area contributed by atoms with E-state index in [1.807, 2.05) is 6.07 Å². The Balaban J connectivity index is 1.93. The number of furan rings is 1. The second-order valence-corrected chi connectivity index (χ2v) is 4.88. The molecule has 1 unspecified atom stereocenters. The molecule has 0 saturated carbocycles. The van der Waals surface area contributed by atoms with E-state index in [-0.39, 0.29) is 17.6 Å². The molecule has 0 spiro atoms. The molecule has 0 aliphatic carbocycles. The summed E-state index contributed by atoms with van der Waals surface area (Å²) in [7, 11) is 1.58. The molecule has 0 radical (unpaired) electrons. The fourth-order valence-corrected chi connectivity index (χ4v) is 2.57. The highest BCUT2D eigenvalue weighted by molar-refractivity contribution is 5.93. The van der Waals surface area contributed by atoms with E-state index < -0.39 is 5.92 Å². The molecular formula is C15H15N3O3. The fraction of sp³-hybridized carbons (Fsp3) is 0.267. The molecule has 3 heterocycles. The number of nitrogens with zero attached hydrogens (tertiary/aromatic N) is 2. The Morgan fingerprint density at radius 3 is 2.95 bits per heavy atom. The van der Waals surface area contributed by atoms with Crippen molar-refractivity contribution in [3.8, 4) is 0 Å². The maximum Gasteiger partial charge on any atom is 0.289 e. The number of rotatable bonds is 2. The van der Waals surface area contributed by atoms with Crippen molar-refractivity contribution < 1.29 is 14.0 Å². The van der Waals surface area contributed by atoms with Gasteiger partial charge in [-0.2, -0.15) is 0 Å². The zero-order valence-corrected chi connectivity index (χ0v) is 11.6. The van der Waals surface area contributed by atoms with Crippen LogP contribution in [0.5, 0.6) is 0 Å². The minimum atomic E-state index is -0.459. The number of amides is 2. The highest BCUT2D eigenvalue weighted by atomic mass is 16.3. The normalized spacial score (nSPS) is 17.2. The van der Waals surface area contributed by atoms with Gasteiger partial charge in [-0.1, -0.05) is 6.07 Å². The largest absolute Gasteiger partial charge is 0.459 e. The zero-order chi connectivity index (χ0) is 14.8. The lowest BCUT2D eigenvalue weighted by Gasteiger charge is -2.32. The molecule has 0 fully saturated rings. The molecule has 2 amide bonds. The smallest absolute Gasteiger partial charge is 0.289 e. The second-order valence-electron chi connectivity index (χ2n) is 4.88. The summed E-state index contributed by atoms with van der Waals surface area (Å²) in [5.41, 5.74) is 1.62. The maximum atomic E-state index is 12.4. The number of hydrogen-bond acceptors (Lipinski definition) is 4. The topological polar surface area (TPSA) is 75.4 Å². The van der Waals surface area contributed by atoms with Crippen molar-refractivity contribution in [2.75, 3.05) is 13.6 Å². The molecule has 1 aliphatic heterocycles. The van der Waals surface area contributed by atoms with Crippen LogP contribution in [0, 0.1) is 0 Å². The molecule has 21 heavy (non-hydrogen) atoms. The summed E-state index contributed by atoms with van der Waals surface area (Å²) in [4.78, 5) is 30.4. The predicted octanol–water partition coefficient (Wildman–Crippen LogP) is 1.16. The number of carbonyl (C=O) groups is 2. The summed E-state index contributed by atoms with van der Waals surface area (Å²) >= 11 is 0. The van der Waals surface area contributed by atoms with Gasteiger partial charge in [-0.05, 0) is 23.8 Å². The van der Waals surface area contributed by atoms with Gasteiger partial charge in [0.1, 0.15) is 0 Å². The molecule has 0 saturated heterocycles. The minimum absolute atomic E-state index is 0.146. The van der Waals surface area contributed by atoms with Crippen LogP contribution in [0.4, 0.5) is 0 Å². The van der Waals surface area contributed by atoms with Gasteiger partial charge in [0.15, 0.2) is 5.76 Å². The summed E-state index contributed by atoms with van der Waals surface area (Å²) in [6.07, 6.45) is 3.13. The number of aromatic nitrogens is 1. The Morgan fingerprint density at radius 2 is 2.24 bits per heavy atom. The van der Waals surface area contributed by atoms with E-state index in [9.17, 15) is 9.59 Å². The lowest BCUT2D eigenvalue weighted by molar-refractivity contribution is -0.122. The van der Waals surface area contributed by atoms with Gasteiger partial charge in [-0.25, -0.2) is 0 Å². The van der Waals surface area contributed by atoms with Crippen molar-refractivity contribution in [1.29, 1.82) is 0 Å². The van der Waals surface area contributed by atoms with Crippen LogP contribution in [0.25, 0.3) is 0 Å². The zero-order valence-electron chi connectivity index (χ0n) is 11.6. The molecule has 108 valence electrons. The van der Waals surface area contributed by atoms with Gasteiger partial charge < -0.3 is 14.6 Å². The van der Waals surface area contributed by atoms with Crippen LogP contribution >= 0.6 is 0 Å². The molecular weight excluding hydrogens is 270 g/mol. The van der Waals surface area contributed by atoms with Crippen LogP contribution in [-0.4, -0.2) is 35.3 Å². The van der Waals surface area contributed by atoms with Gasteiger partial charge in [-0.15, -0.1) is 0 Å². The van der Waals surface area contributed by atoms with Crippen molar-refractivity contribution in [1.82, 2.24) is 15.2 Å². The number of hydrogen-bond donors (Lipinski definition) is 1. The number of pyridine rings is 1. The lowest BCUT2D eigenvalue weighted by Crippen LogP contribution is -2.43. The van der Waals surface area contributed by atoms with Crippen molar-refractivity contribution in [2.45, 2.75) is 12.5 Å². The van der Waals surface area contributed by atoms with Crippen molar-refractivity contribution >= 4 is 11.8 Å². The van der Waals surface area contributed by atoms with Crippen molar-refractivity contribution in [3.05, 3.63) is 53.7 Å². The summed E-state index contributed by atoms with van der Waals surface area (Å²) in [5.74, 6) is -0.549. The second kappa shape index (κ2) is 5.40. The average molecular weight is 285 g/mol. The van der Waals surface area contributed by atoms with Crippen molar-refractivity contribution in [3.63, 3.8) is 0 Å². The number of nitrogens with one attached hydrogen (secondary N) is 1. The fourth-order valence-electron chi connectivity index (χ4n) is 2.57.